The van der Waals surface area contributed by atoms with Crippen molar-refractivity contribution >= 4 is 27.5 Å². The topological polar surface area (TPSA) is 12.0 Å². The Bertz CT molecular complexity index is 551. The summed E-state index contributed by atoms with van der Waals surface area (Å²) in [6.07, 6.45) is 1.06. The molecule has 1 atom stereocenters. The van der Waals surface area contributed by atoms with Crippen molar-refractivity contribution in [2.24, 2.45) is 0 Å². The monoisotopic (exact) mass is 337 g/mol. The number of halogens is 2. The number of aryl methyl sites for hydroxylation is 1. The Morgan fingerprint density at radius 3 is 2.42 bits per heavy atom. The lowest BCUT2D eigenvalue weighted by molar-refractivity contribution is 0.691. The lowest BCUT2D eigenvalue weighted by Crippen LogP contribution is -2.18. The molecule has 0 amide bonds. The van der Waals surface area contributed by atoms with Gasteiger partial charge in [0.15, 0.2) is 0 Å². The van der Waals surface area contributed by atoms with E-state index in [1.54, 1.807) is 0 Å². The minimum atomic E-state index is 0.107. The van der Waals surface area contributed by atoms with Gasteiger partial charge in [0.2, 0.25) is 0 Å². The van der Waals surface area contributed by atoms with Crippen molar-refractivity contribution in [1.29, 1.82) is 0 Å². The molecule has 0 saturated heterocycles. The molecule has 1 unspecified atom stereocenters. The Kier molecular flexibility index (Phi) is 5.03. The first-order chi connectivity index (χ1) is 9.15. The molecule has 0 aliphatic rings. The predicted octanol–water partition coefficient (Wildman–Crippen LogP) is 4.97. The van der Waals surface area contributed by atoms with Crippen LogP contribution in [0.5, 0.6) is 0 Å². The van der Waals surface area contributed by atoms with E-state index in [0.29, 0.717) is 0 Å². The summed E-state index contributed by atoms with van der Waals surface area (Å²) in [4.78, 5) is 0. The van der Waals surface area contributed by atoms with Crippen molar-refractivity contribution in [2.45, 2.75) is 19.4 Å². The Morgan fingerprint density at radius 2 is 1.84 bits per heavy atom. The molecule has 0 fully saturated rings. The third kappa shape index (κ3) is 3.38. The second-order valence-corrected chi connectivity index (χ2v) is 5.81. The summed E-state index contributed by atoms with van der Waals surface area (Å²) in [5, 5.41) is 4.11. The summed E-state index contributed by atoms with van der Waals surface area (Å²) in [6.45, 7) is 2.16. The largest absolute Gasteiger partial charge is 0.309 e. The summed E-state index contributed by atoms with van der Waals surface area (Å²) >= 11 is 9.82. The predicted molar refractivity (Wildman–Crippen MR) is 85.9 cm³/mol. The van der Waals surface area contributed by atoms with Crippen LogP contribution < -0.4 is 5.32 Å². The Labute approximate surface area is 128 Å². The van der Waals surface area contributed by atoms with Crippen molar-refractivity contribution in [2.75, 3.05) is 7.05 Å². The van der Waals surface area contributed by atoms with Crippen LogP contribution in [0.1, 0.15) is 29.7 Å². The highest BCUT2D eigenvalue weighted by Crippen LogP contribution is 2.30. The first-order valence-corrected chi connectivity index (χ1v) is 7.54. The Hall–Kier alpha value is -0.830. The summed E-state index contributed by atoms with van der Waals surface area (Å²) in [5.41, 5.74) is 3.65. The van der Waals surface area contributed by atoms with Crippen LogP contribution in [0.2, 0.25) is 5.02 Å². The van der Waals surface area contributed by atoms with Gasteiger partial charge in [0, 0.05) is 9.50 Å². The number of rotatable bonds is 4. The van der Waals surface area contributed by atoms with Crippen LogP contribution in [0.15, 0.2) is 46.9 Å². The zero-order valence-corrected chi connectivity index (χ0v) is 13.4. The molecule has 2 rings (SSSR count). The maximum atomic E-state index is 6.32. The minimum absolute atomic E-state index is 0.107. The first-order valence-electron chi connectivity index (χ1n) is 6.36. The van der Waals surface area contributed by atoms with Crippen LogP contribution >= 0.6 is 27.5 Å². The molecule has 0 heterocycles. The molecule has 1 N–H and O–H groups in total. The molecular weight excluding hydrogens is 322 g/mol. The third-order valence-corrected chi connectivity index (χ3v) is 4.12. The van der Waals surface area contributed by atoms with E-state index in [0.717, 1.165) is 21.5 Å². The maximum absolute atomic E-state index is 6.32. The maximum Gasteiger partial charge on any atom is 0.0589 e. The summed E-state index contributed by atoms with van der Waals surface area (Å²) < 4.78 is 1.04. The average molecular weight is 339 g/mol. The van der Waals surface area contributed by atoms with Crippen LogP contribution in [0.4, 0.5) is 0 Å². The SMILES string of the molecule is CCc1ccc(C(NC)c2cc(Br)ccc2Cl)cc1. The molecule has 0 bridgehead atoms. The Morgan fingerprint density at radius 1 is 1.16 bits per heavy atom. The Balaban J connectivity index is 2.40. The highest BCUT2D eigenvalue weighted by molar-refractivity contribution is 9.10. The number of benzene rings is 2. The molecule has 0 aliphatic heterocycles. The van der Waals surface area contributed by atoms with Crippen LogP contribution in [-0.2, 0) is 6.42 Å². The molecule has 0 saturated carbocycles. The first kappa shape index (κ1) is 14.6. The van der Waals surface area contributed by atoms with Gasteiger partial charge in [0.25, 0.3) is 0 Å². The van der Waals surface area contributed by atoms with Crippen molar-refractivity contribution in [3.8, 4) is 0 Å². The molecule has 2 aromatic rings. The highest BCUT2D eigenvalue weighted by atomic mass is 79.9. The van der Waals surface area contributed by atoms with E-state index >= 15 is 0 Å². The van der Waals surface area contributed by atoms with Gasteiger partial charge >= 0.3 is 0 Å². The van der Waals surface area contributed by atoms with Crippen molar-refractivity contribution in [1.82, 2.24) is 5.32 Å². The summed E-state index contributed by atoms with van der Waals surface area (Å²) in [6, 6.07) is 14.7. The van der Waals surface area contributed by atoms with Gasteiger partial charge in [-0.15, -0.1) is 0 Å². The van der Waals surface area contributed by atoms with Gasteiger partial charge < -0.3 is 5.32 Å². The molecule has 1 nitrogen and oxygen atoms in total. The second kappa shape index (κ2) is 6.56. The second-order valence-electron chi connectivity index (χ2n) is 4.48. The van der Waals surface area contributed by atoms with E-state index in [2.05, 4.69) is 58.5 Å². The molecule has 19 heavy (non-hydrogen) atoms. The van der Waals surface area contributed by atoms with Crippen LogP contribution in [0, 0.1) is 0 Å². The van der Waals surface area contributed by atoms with Gasteiger partial charge in [-0.2, -0.15) is 0 Å². The van der Waals surface area contributed by atoms with Crippen LogP contribution in [0.25, 0.3) is 0 Å². The fraction of sp³-hybridized carbons (Fsp3) is 0.250. The summed E-state index contributed by atoms with van der Waals surface area (Å²) in [5.74, 6) is 0. The molecular formula is C16H17BrClN. The normalized spacial score (nSPS) is 12.4. The van der Waals surface area contributed by atoms with Gasteiger partial charge in [-0.25, -0.2) is 0 Å². The van der Waals surface area contributed by atoms with Gasteiger partial charge in [0.1, 0.15) is 0 Å². The van der Waals surface area contributed by atoms with Crippen molar-refractivity contribution in [3.05, 3.63) is 68.7 Å². The number of hydrogen-bond acceptors (Lipinski definition) is 1. The van der Waals surface area contributed by atoms with Crippen molar-refractivity contribution < 1.29 is 0 Å². The lowest BCUT2D eigenvalue weighted by Gasteiger charge is -2.19. The molecule has 2 aromatic carbocycles. The quantitative estimate of drug-likeness (QED) is 0.829. The van der Waals surface area contributed by atoms with Gasteiger partial charge in [-0.1, -0.05) is 58.7 Å². The smallest absolute Gasteiger partial charge is 0.0589 e. The van der Waals surface area contributed by atoms with E-state index in [1.807, 2.05) is 19.2 Å². The van der Waals surface area contributed by atoms with Gasteiger partial charge in [-0.3, -0.25) is 0 Å². The standard InChI is InChI=1S/C16H17BrClN/c1-3-11-4-6-12(7-5-11)16(19-2)14-10-13(17)8-9-15(14)18/h4-10,16,19H,3H2,1-2H3. The van der Waals surface area contributed by atoms with E-state index < -0.39 is 0 Å². The van der Waals surface area contributed by atoms with E-state index in [4.69, 9.17) is 11.6 Å². The fourth-order valence-corrected chi connectivity index (χ4v) is 2.79. The number of hydrogen-bond donors (Lipinski definition) is 1. The van der Waals surface area contributed by atoms with Gasteiger partial charge in [0.05, 0.1) is 6.04 Å². The zero-order chi connectivity index (χ0) is 13.8. The molecule has 0 aromatic heterocycles. The average Bonchev–Trinajstić information content (AvgIpc) is 2.44. The third-order valence-electron chi connectivity index (χ3n) is 3.28. The van der Waals surface area contributed by atoms with E-state index in [-0.39, 0.29) is 6.04 Å². The molecule has 3 heteroatoms. The number of nitrogens with one attached hydrogen (secondary N) is 1. The van der Waals surface area contributed by atoms with Crippen LogP contribution in [-0.4, -0.2) is 7.05 Å². The minimum Gasteiger partial charge on any atom is -0.309 e. The summed E-state index contributed by atoms with van der Waals surface area (Å²) in [7, 11) is 1.95. The van der Waals surface area contributed by atoms with E-state index in [9.17, 15) is 0 Å². The molecule has 0 spiro atoms. The van der Waals surface area contributed by atoms with Crippen molar-refractivity contribution in [3.63, 3.8) is 0 Å². The molecule has 0 radical (unpaired) electrons. The zero-order valence-electron chi connectivity index (χ0n) is 11.1. The van der Waals surface area contributed by atoms with Gasteiger partial charge in [-0.05, 0) is 48.4 Å². The molecule has 100 valence electrons. The van der Waals surface area contributed by atoms with Crippen LogP contribution in [0.3, 0.4) is 0 Å². The van der Waals surface area contributed by atoms with E-state index in [1.165, 1.54) is 11.1 Å². The highest BCUT2D eigenvalue weighted by Gasteiger charge is 2.15. The molecule has 0 aliphatic carbocycles. The fourth-order valence-electron chi connectivity index (χ4n) is 2.18. The lowest BCUT2D eigenvalue weighted by atomic mass is 9.97.